The van der Waals surface area contributed by atoms with Crippen molar-refractivity contribution in [3.63, 3.8) is 0 Å². The molecule has 0 aliphatic heterocycles. The van der Waals surface area contributed by atoms with Gasteiger partial charge >= 0.3 is 6.09 Å². The van der Waals surface area contributed by atoms with E-state index in [4.69, 9.17) is 4.74 Å². The molecule has 0 spiro atoms. The Bertz CT molecular complexity index is 463. The van der Waals surface area contributed by atoms with Gasteiger partial charge in [-0.1, -0.05) is 30.3 Å². The van der Waals surface area contributed by atoms with Gasteiger partial charge in [-0.25, -0.2) is 4.79 Å². The molecule has 0 saturated carbocycles. The molecule has 4 nitrogen and oxygen atoms in total. The highest BCUT2D eigenvalue weighted by Gasteiger charge is 2.22. The zero-order valence-corrected chi connectivity index (χ0v) is 13.4. The third-order valence-corrected chi connectivity index (χ3v) is 2.82. The second kappa shape index (κ2) is 7.81. The average molecular weight is 291 g/mol. The quantitative estimate of drug-likeness (QED) is 0.801. The first-order valence-corrected chi connectivity index (χ1v) is 7.29. The molecule has 4 heteroatoms. The number of rotatable bonds is 6. The number of carbonyl (C=O) groups excluding carboxylic acids is 2. The van der Waals surface area contributed by atoms with Gasteiger partial charge in [-0.3, -0.25) is 0 Å². The first kappa shape index (κ1) is 17.2. The highest BCUT2D eigenvalue weighted by Crippen LogP contribution is 2.13. The van der Waals surface area contributed by atoms with E-state index >= 15 is 0 Å². The summed E-state index contributed by atoms with van der Waals surface area (Å²) in [4.78, 5) is 25.0. The first-order valence-electron chi connectivity index (χ1n) is 7.29. The molecular weight excluding hydrogens is 266 g/mol. The average Bonchev–Trinajstić information content (AvgIpc) is 2.36. The first-order chi connectivity index (χ1) is 9.78. The molecule has 1 aromatic rings. The van der Waals surface area contributed by atoms with Crippen molar-refractivity contribution in [2.45, 2.75) is 52.7 Å². The molecule has 1 rings (SSSR count). The fourth-order valence-corrected chi connectivity index (χ4v) is 1.88. The maximum atomic E-state index is 12.3. The molecule has 0 radical (unpaired) electrons. The van der Waals surface area contributed by atoms with E-state index < -0.39 is 5.60 Å². The zero-order valence-electron chi connectivity index (χ0n) is 13.4. The number of ether oxygens (including phenoxy) is 1. The van der Waals surface area contributed by atoms with E-state index in [0.29, 0.717) is 25.9 Å². The number of carbonyl (C=O) groups is 2. The predicted octanol–water partition coefficient (Wildman–Crippen LogP) is 3.79. The van der Waals surface area contributed by atoms with Crippen LogP contribution in [0.15, 0.2) is 30.3 Å². The number of ketones is 1. The standard InChI is InChI=1S/C17H25NO3/c1-14(19)9-8-12-18(16(20)21-17(2,3)4)13-15-10-6-5-7-11-15/h5-7,10-11H,8-9,12-13H2,1-4H3. The number of benzene rings is 1. The molecule has 0 fully saturated rings. The van der Waals surface area contributed by atoms with Gasteiger partial charge in [0.15, 0.2) is 0 Å². The Balaban J connectivity index is 2.69. The molecular formula is C17H25NO3. The Morgan fingerprint density at radius 3 is 2.29 bits per heavy atom. The molecule has 0 atom stereocenters. The molecule has 0 aromatic heterocycles. The highest BCUT2D eigenvalue weighted by atomic mass is 16.6. The summed E-state index contributed by atoms with van der Waals surface area (Å²) in [5, 5.41) is 0. The molecule has 21 heavy (non-hydrogen) atoms. The van der Waals surface area contributed by atoms with E-state index in [9.17, 15) is 9.59 Å². The van der Waals surface area contributed by atoms with Gasteiger partial charge in [0.2, 0.25) is 0 Å². The van der Waals surface area contributed by atoms with Crippen LogP contribution in [0.1, 0.15) is 46.1 Å². The maximum Gasteiger partial charge on any atom is 0.410 e. The number of Topliss-reactive ketones (excluding diaryl/α,β-unsaturated/α-hetero) is 1. The number of amides is 1. The molecule has 0 unspecified atom stereocenters. The summed E-state index contributed by atoms with van der Waals surface area (Å²) in [7, 11) is 0. The van der Waals surface area contributed by atoms with Crippen molar-refractivity contribution < 1.29 is 14.3 Å². The van der Waals surface area contributed by atoms with Crippen LogP contribution in [0.4, 0.5) is 4.79 Å². The lowest BCUT2D eigenvalue weighted by Crippen LogP contribution is -2.37. The summed E-state index contributed by atoms with van der Waals surface area (Å²) in [5.74, 6) is 0.138. The largest absolute Gasteiger partial charge is 0.444 e. The van der Waals surface area contributed by atoms with Crippen molar-refractivity contribution in [1.29, 1.82) is 0 Å². The Labute approximate surface area is 127 Å². The van der Waals surface area contributed by atoms with Crippen LogP contribution in [0, 0.1) is 0 Å². The molecule has 0 N–H and O–H groups in total. The lowest BCUT2D eigenvalue weighted by molar-refractivity contribution is -0.117. The van der Waals surface area contributed by atoms with Gasteiger partial charge < -0.3 is 14.4 Å². The minimum atomic E-state index is -0.521. The van der Waals surface area contributed by atoms with Crippen LogP contribution in [0.5, 0.6) is 0 Å². The third kappa shape index (κ3) is 7.49. The van der Waals surface area contributed by atoms with E-state index in [1.807, 2.05) is 51.1 Å². The lowest BCUT2D eigenvalue weighted by atomic mass is 10.2. The summed E-state index contributed by atoms with van der Waals surface area (Å²) in [5.41, 5.74) is 0.526. The van der Waals surface area contributed by atoms with Crippen molar-refractivity contribution in [3.8, 4) is 0 Å². The molecule has 1 amide bonds. The van der Waals surface area contributed by atoms with Crippen LogP contribution in [0.25, 0.3) is 0 Å². The molecule has 0 heterocycles. The van der Waals surface area contributed by atoms with E-state index in [1.165, 1.54) is 0 Å². The number of nitrogens with zero attached hydrogens (tertiary/aromatic N) is 1. The normalized spacial score (nSPS) is 11.0. The molecule has 0 saturated heterocycles. The maximum absolute atomic E-state index is 12.3. The summed E-state index contributed by atoms with van der Waals surface area (Å²) in [6.07, 6.45) is 0.796. The summed E-state index contributed by atoms with van der Waals surface area (Å²) in [6, 6.07) is 9.78. The molecule has 1 aromatic carbocycles. The lowest BCUT2D eigenvalue weighted by Gasteiger charge is -2.27. The minimum Gasteiger partial charge on any atom is -0.444 e. The van der Waals surface area contributed by atoms with Crippen molar-refractivity contribution in [2.24, 2.45) is 0 Å². The topological polar surface area (TPSA) is 46.6 Å². The predicted molar refractivity (Wildman–Crippen MR) is 83.0 cm³/mol. The third-order valence-electron chi connectivity index (χ3n) is 2.82. The van der Waals surface area contributed by atoms with Crippen molar-refractivity contribution >= 4 is 11.9 Å². The van der Waals surface area contributed by atoms with Crippen LogP contribution in [-0.2, 0) is 16.1 Å². The Morgan fingerprint density at radius 1 is 1.14 bits per heavy atom. The second-order valence-electron chi connectivity index (χ2n) is 6.19. The van der Waals surface area contributed by atoms with Gasteiger partial charge in [-0.05, 0) is 39.7 Å². The van der Waals surface area contributed by atoms with Crippen LogP contribution in [0.2, 0.25) is 0 Å². The van der Waals surface area contributed by atoms with E-state index in [2.05, 4.69) is 0 Å². The minimum absolute atomic E-state index is 0.138. The fraction of sp³-hybridized carbons (Fsp3) is 0.529. The van der Waals surface area contributed by atoms with Gasteiger partial charge in [0.25, 0.3) is 0 Å². The summed E-state index contributed by atoms with van der Waals surface area (Å²) >= 11 is 0. The molecule has 116 valence electrons. The zero-order chi connectivity index (χ0) is 15.9. The highest BCUT2D eigenvalue weighted by molar-refractivity contribution is 5.75. The van der Waals surface area contributed by atoms with Crippen molar-refractivity contribution in [1.82, 2.24) is 4.90 Å². The Morgan fingerprint density at radius 2 is 1.76 bits per heavy atom. The van der Waals surface area contributed by atoms with Crippen molar-refractivity contribution in [3.05, 3.63) is 35.9 Å². The monoisotopic (exact) mass is 291 g/mol. The smallest absolute Gasteiger partial charge is 0.410 e. The Kier molecular flexibility index (Phi) is 6.40. The Hall–Kier alpha value is -1.84. The van der Waals surface area contributed by atoms with Gasteiger partial charge in [0.1, 0.15) is 11.4 Å². The van der Waals surface area contributed by atoms with Crippen LogP contribution in [0.3, 0.4) is 0 Å². The van der Waals surface area contributed by atoms with Crippen LogP contribution in [-0.4, -0.2) is 28.9 Å². The van der Waals surface area contributed by atoms with E-state index in [0.717, 1.165) is 5.56 Å². The van der Waals surface area contributed by atoms with Gasteiger partial charge in [0, 0.05) is 19.5 Å². The summed E-state index contributed by atoms with van der Waals surface area (Å²) in [6.45, 7) is 8.12. The van der Waals surface area contributed by atoms with Gasteiger partial charge in [-0.2, -0.15) is 0 Å². The van der Waals surface area contributed by atoms with Gasteiger partial charge in [-0.15, -0.1) is 0 Å². The SMILES string of the molecule is CC(=O)CCCN(Cc1ccccc1)C(=O)OC(C)(C)C. The molecule has 0 aliphatic rings. The number of hydrogen-bond acceptors (Lipinski definition) is 3. The summed E-state index contributed by atoms with van der Waals surface area (Å²) < 4.78 is 5.43. The van der Waals surface area contributed by atoms with E-state index in [1.54, 1.807) is 11.8 Å². The molecule has 0 aliphatic carbocycles. The van der Waals surface area contributed by atoms with Crippen molar-refractivity contribution in [2.75, 3.05) is 6.54 Å². The fourth-order valence-electron chi connectivity index (χ4n) is 1.88. The van der Waals surface area contributed by atoms with Gasteiger partial charge in [0.05, 0.1) is 0 Å². The van der Waals surface area contributed by atoms with E-state index in [-0.39, 0.29) is 11.9 Å². The molecule has 0 bridgehead atoms. The second-order valence-corrected chi connectivity index (χ2v) is 6.19. The van der Waals surface area contributed by atoms with Crippen LogP contribution < -0.4 is 0 Å². The number of hydrogen-bond donors (Lipinski definition) is 0. The van der Waals surface area contributed by atoms with Crippen LogP contribution >= 0.6 is 0 Å².